The number of amides is 1. The van der Waals surface area contributed by atoms with Crippen molar-refractivity contribution >= 4 is 53.8 Å². The average molecular weight is 575 g/mol. The van der Waals surface area contributed by atoms with Crippen LogP contribution >= 0.6 is 23.1 Å². The van der Waals surface area contributed by atoms with Crippen LogP contribution in [0.2, 0.25) is 0 Å². The van der Waals surface area contributed by atoms with Gasteiger partial charge in [0.25, 0.3) is 5.91 Å². The van der Waals surface area contributed by atoms with Gasteiger partial charge in [-0.3, -0.25) is 9.78 Å². The molecule has 9 heteroatoms. The Balaban J connectivity index is 0.00000441. The normalized spacial score (nSPS) is 15.2. The molecule has 0 aliphatic heterocycles. The van der Waals surface area contributed by atoms with Crippen molar-refractivity contribution in [2.75, 3.05) is 12.0 Å². The number of thioether (sulfide) groups is 1. The van der Waals surface area contributed by atoms with Gasteiger partial charge in [-0.15, -0.1) is 11.3 Å². The Morgan fingerprint density at radius 3 is 2.60 bits per heavy atom. The molecule has 1 amide bonds. The summed E-state index contributed by atoms with van der Waals surface area (Å²) in [5, 5.41) is 12.4. The van der Waals surface area contributed by atoms with Crippen molar-refractivity contribution in [1.29, 1.82) is 0 Å². The fourth-order valence-corrected chi connectivity index (χ4v) is 6.43. The second kappa shape index (κ2) is 16.4. The zero-order valence-electron chi connectivity index (χ0n) is 22.7. The molecule has 2 N–H and O–H groups in total. The number of carbonyl (C=O) groups is 2. The van der Waals surface area contributed by atoms with Gasteiger partial charge in [0, 0.05) is 11.8 Å². The molecule has 0 spiro atoms. The third-order valence-electron chi connectivity index (χ3n) is 7.47. The van der Waals surface area contributed by atoms with Crippen LogP contribution in [0.15, 0.2) is 54.2 Å². The quantitative estimate of drug-likeness (QED) is 0.223. The molecule has 210 valence electrons. The first-order valence-electron chi connectivity index (χ1n) is 13.7. The first-order chi connectivity index (χ1) is 19.0. The van der Waals surface area contributed by atoms with E-state index in [2.05, 4.69) is 10.3 Å². The number of nitrogens with one attached hydrogen (secondary N) is 1. The van der Waals surface area contributed by atoms with E-state index in [1.54, 1.807) is 29.2 Å². The van der Waals surface area contributed by atoms with Crippen molar-refractivity contribution in [3.8, 4) is 11.1 Å². The number of aliphatic carboxylic acids is 1. The summed E-state index contributed by atoms with van der Waals surface area (Å²) in [4.78, 5) is 30.6. The Bertz CT molecular complexity index is 1230. The maximum absolute atomic E-state index is 13.4. The van der Waals surface area contributed by atoms with Crippen LogP contribution in [-0.2, 0) is 16.1 Å². The van der Waals surface area contributed by atoms with Crippen LogP contribution in [0.4, 0.5) is 0 Å². The van der Waals surface area contributed by atoms with E-state index in [0.717, 1.165) is 33.6 Å². The molecule has 0 radical (unpaired) electrons. The molecule has 2 aromatic carbocycles. The summed E-state index contributed by atoms with van der Waals surface area (Å²) in [5.74, 6) is -0.0753. The van der Waals surface area contributed by atoms with Crippen LogP contribution in [0.1, 0.15) is 77.4 Å². The van der Waals surface area contributed by atoms with E-state index in [9.17, 15) is 14.7 Å². The number of nitrogens with zero attached hydrogens (tertiary/aromatic N) is 1. The summed E-state index contributed by atoms with van der Waals surface area (Å²) >= 11 is 3.20. The van der Waals surface area contributed by atoms with Gasteiger partial charge in [-0.25, -0.2) is 4.79 Å². The van der Waals surface area contributed by atoms with Gasteiger partial charge in [0.1, 0.15) is 6.04 Å². The zero-order valence-corrected chi connectivity index (χ0v) is 24.4. The van der Waals surface area contributed by atoms with Crippen LogP contribution in [-0.4, -0.2) is 58.9 Å². The molecular formula is C31H39LiN2O4S2. The summed E-state index contributed by atoms with van der Waals surface area (Å²) in [5.41, 5.74) is 6.07. The van der Waals surface area contributed by atoms with Crippen LogP contribution in [0.3, 0.4) is 0 Å². The molecule has 1 aliphatic rings. The van der Waals surface area contributed by atoms with E-state index in [0.29, 0.717) is 30.3 Å². The van der Waals surface area contributed by atoms with Gasteiger partial charge in [0.2, 0.25) is 0 Å². The zero-order chi connectivity index (χ0) is 27.6. The first kappa shape index (κ1) is 32.4. The van der Waals surface area contributed by atoms with Crippen LogP contribution < -0.4 is 5.32 Å². The second-order valence-electron chi connectivity index (χ2n) is 10.3. The van der Waals surface area contributed by atoms with E-state index in [1.165, 1.54) is 32.1 Å². The number of carboxylic acids is 1. The number of hydrogen-bond donors (Lipinski definition) is 2. The van der Waals surface area contributed by atoms with Crippen molar-refractivity contribution in [2.45, 2.75) is 70.6 Å². The molecule has 3 aromatic rings. The number of carboxylic acid groups (broad SMARTS) is 1. The van der Waals surface area contributed by atoms with Crippen LogP contribution in [0.25, 0.3) is 11.1 Å². The Hall–Kier alpha value is -2.08. The predicted molar refractivity (Wildman–Crippen MR) is 166 cm³/mol. The molecule has 0 saturated heterocycles. The maximum atomic E-state index is 13.4. The summed E-state index contributed by atoms with van der Waals surface area (Å²) in [7, 11) is 0. The number of hydrogen-bond acceptors (Lipinski definition) is 6. The van der Waals surface area contributed by atoms with Gasteiger partial charge in [0.15, 0.2) is 0 Å². The molecule has 1 aromatic heterocycles. The Labute approximate surface area is 257 Å². The topological polar surface area (TPSA) is 88.5 Å². The number of aryl methyl sites for hydroxylation is 1. The number of carbonyl (C=O) groups excluding carboxylic acids is 1. The van der Waals surface area contributed by atoms with E-state index < -0.39 is 12.0 Å². The standard InChI is InChI=1S/C31H38N2O4S2.Li.H/c1-21-8-6-7-11-24(21)26-16-23(12-13-25(26)30(34)33-27(31(35)36)14-15-38-2)19-37-28(29-18-32-20-39-29)17-22-9-4-3-5-10-22;;/h6-8,11-13,16,18,20,22,27-28H,3-5,9-10,14-15,17,19H2,1-2H3,(H,33,34)(H,35,36);;/t27-,28?;;/m0../s1. The Kier molecular flexibility index (Phi) is 13.3. The number of rotatable bonds is 13. The van der Waals surface area contributed by atoms with Gasteiger partial charge in [0.05, 0.1) is 23.1 Å². The molecule has 1 fully saturated rings. The number of aromatic nitrogens is 1. The van der Waals surface area contributed by atoms with Crippen molar-refractivity contribution < 1.29 is 19.4 Å². The summed E-state index contributed by atoms with van der Waals surface area (Å²) in [6, 6.07) is 12.7. The summed E-state index contributed by atoms with van der Waals surface area (Å²) < 4.78 is 6.53. The van der Waals surface area contributed by atoms with Crippen LogP contribution in [0, 0.1) is 12.8 Å². The molecule has 40 heavy (non-hydrogen) atoms. The van der Waals surface area contributed by atoms with Gasteiger partial charge in [-0.1, -0.05) is 62.4 Å². The minimum absolute atomic E-state index is 0. The molecule has 1 saturated carbocycles. The Morgan fingerprint density at radius 2 is 1.93 bits per heavy atom. The first-order valence-corrected chi connectivity index (χ1v) is 15.9. The molecule has 0 bridgehead atoms. The van der Waals surface area contributed by atoms with Gasteiger partial charge in [-0.2, -0.15) is 11.8 Å². The molecule has 1 heterocycles. The fraction of sp³-hybridized carbons (Fsp3) is 0.452. The SMILES string of the molecule is CSCC[C@H](NC(=O)c1ccc(COC(CC2CCCCC2)c2cncs2)cc1-c1ccccc1C)C(=O)O.[LiH]. The number of thiazole rings is 1. The van der Waals surface area contributed by atoms with E-state index in [1.807, 2.05) is 61.3 Å². The third kappa shape index (κ3) is 8.96. The fourth-order valence-electron chi connectivity index (χ4n) is 5.28. The predicted octanol–water partition coefficient (Wildman–Crippen LogP) is 6.63. The number of ether oxygens (including phenoxy) is 1. The number of benzene rings is 2. The molecule has 2 atom stereocenters. The van der Waals surface area contributed by atoms with Crippen LogP contribution in [0.5, 0.6) is 0 Å². The van der Waals surface area contributed by atoms with E-state index in [4.69, 9.17) is 4.74 Å². The van der Waals surface area contributed by atoms with Crippen molar-refractivity contribution in [1.82, 2.24) is 10.3 Å². The van der Waals surface area contributed by atoms with E-state index >= 15 is 0 Å². The third-order valence-corrected chi connectivity index (χ3v) is 8.98. The van der Waals surface area contributed by atoms with E-state index in [-0.39, 0.29) is 30.9 Å². The van der Waals surface area contributed by atoms with Gasteiger partial charge in [-0.05, 0) is 72.1 Å². The molecular weight excluding hydrogens is 535 g/mol. The average Bonchev–Trinajstić information content (AvgIpc) is 3.49. The summed E-state index contributed by atoms with van der Waals surface area (Å²) in [6.45, 7) is 2.43. The second-order valence-corrected chi connectivity index (χ2v) is 12.2. The Morgan fingerprint density at radius 1 is 1.15 bits per heavy atom. The molecule has 1 unspecified atom stereocenters. The molecule has 4 rings (SSSR count). The van der Waals surface area contributed by atoms with Crippen molar-refractivity contribution in [2.24, 2.45) is 5.92 Å². The van der Waals surface area contributed by atoms with Crippen molar-refractivity contribution in [3.63, 3.8) is 0 Å². The minimum atomic E-state index is -1.02. The molecule has 1 aliphatic carbocycles. The monoisotopic (exact) mass is 574 g/mol. The van der Waals surface area contributed by atoms with Crippen molar-refractivity contribution in [3.05, 3.63) is 75.7 Å². The van der Waals surface area contributed by atoms with Gasteiger partial charge < -0.3 is 15.2 Å². The van der Waals surface area contributed by atoms with Gasteiger partial charge >= 0.3 is 24.8 Å². The summed E-state index contributed by atoms with van der Waals surface area (Å²) in [6.07, 6.45) is 11.6. The molecule has 6 nitrogen and oxygen atoms in total.